The molecule has 0 aromatic heterocycles. The fraction of sp³-hybridized carbons (Fsp3) is 0.231. The van der Waals surface area contributed by atoms with Crippen LogP contribution in [-0.4, -0.2) is 18.0 Å². The third-order valence-corrected chi connectivity index (χ3v) is 2.20. The highest BCUT2D eigenvalue weighted by molar-refractivity contribution is 6.30. The van der Waals surface area contributed by atoms with E-state index in [9.17, 15) is 0 Å². The Morgan fingerprint density at radius 2 is 1.60 bits per heavy atom. The van der Waals surface area contributed by atoms with Crippen molar-refractivity contribution in [2.75, 3.05) is 13.1 Å². The van der Waals surface area contributed by atoms with E-state index in [0.717, 1.165) is 17.1 Å². The average molecular weight is 218 g/mol. The quantitative estimate of drug-likeness (QED) is 0.701. The average Bonchev–Trinajstić information content (AvgIpc) is 2.22. The molecule has 0 fully saturated rings. The minimum absolute atomic E-state index is 0.562. The minimum atomic E-state index is 0.562. The first-order valence-corrected chi connectivity index (χ1v) is 4.98. The van der Waals surface area contributed by atoms with Gasteiger partial charge in [-0.05, 0) is 17.7 Å². The number of benzene rings is 1. The number of nitrogens with zero attached hydrogens (tertiary/aromatic N) is 1. The van der Waals surface area contributed by atoms with Gasteiger partial charge in [0.25, 0.3) is 0 Å². The summed E-state index contributed by atoms with van der Waals surface area (Å²) in [6.07, 6.45) is 10.5. The van der Waals surface area contributed by atoms with Gasteiger partial charge in [0.15, 0.2) is 0 Å². The second-order valence-corrected chi connectivity index (χ2v) is 3.62. The number of rotatable bonds is 4. The van der Waals surface area contributed by atoms with Crippen molar-refractivity contribution < 1.29 is 0 Å². The summed E-state index contributed by atoms with van der Waals surface area (Å²) in [5.74, 6) is 5.18. The SMILES string of the molecule is C#CCN(CC#C)Cc1ccc(Cl)cc1. The molecule has 0 aliphatic rings. The Kier molecular flexibility index (Phi) is 4.78. The Morgan fingerprint density at radius 1 is 1.07 bits per heavy atom. The Balaban J connectivity index is 2.62. The highest BCUT2D eigenvalue weighted by Gasteiger charge is 2.02. The van der Waals surface area contributed by atoms with E-state index in [-0.39, 0.29) is 0 Å². The predicted molar refractivity (Wildman–Crippen MR) is 64.4 cm³/mol. The van der Waals surface area contributed by atoms with Gasteiger partial charge in [-0.3, -0.25) is 4.90 Å². The first-order valence-electron chi connectivity index (χ1n) is 4.60. The van der Waals surface area contributed by atoms with Crippen LogP contribution < -0.4 is 0 Å². The molecule has 1 rings (SSSR count). The third kappa shape index (κ3) is 4.09. The van der Waals surface area contributed by atoms with E-state index in [2.05, 4.69) is 11.8 Å². The lowest BCUT2D eigenvalue weighted by molar-refractivity contribution is 0.338. The van der Waals surface area contributed by atoms with Gasteiger partial charge < -0.3 is 0 Å². The van der Waals surface area contributed by atoms with Gasteiger partial charge in [-0.25, -0.2) is 0 Å². The summed E-state index contributed by atoms with van der Waals surface area (Å²) in [6, 6.07) is 7.67. The smallest absolute Gasteiger partial charge is 0.0610 e. The molecular weight excluding hydrogens is 206 g/mol. The van der Waals surface area contributed by atoms with E-state index in [0.29, 0.717) is 13.1 Å². The first-order chi connectivity index (χ1) is 7.26. The molecule has 0 spiro atoms. The van der Waals surface area contributed by atoms with Crippen molar-refractivity contribution in [3.8, 4) is 24.7 Å². The minimum Gasteiger partial charge on any atom is -0.277 e. The zero-order valence-corrected chi connectivity index (χ0v) is 9.17. The molecule has 0 N–H and O–H groups in total. The van der Waals surface area contributed by atoms with Crippen LogP contribution in [0.2, 0.25) is 5.02 Å². The van der Waals surface area contributed by atoms with E-state index in [1.54, 1.807) is 0 Å². The van der Waals surface area contributed by atoms with Crippen molar-refractivity contribution in [2.45, 2.75) is 6.54 Å². The van der Waals surface area contributed by atoms with Gasteiger partial charge in [-0.2, -0.15) is 0 Å². The van der Waals surface area contributed by atoms with Gasteiger partial charge in [0.2, 0.25) is 0 Å². The molecule has 0 aliphatic heterocycles. The Bertz CT molecular complexity index is 364. The number of halogens is 1. The van der Waals surface area contributed by atoms with Crippen molar-refractivity contribution in [1.82, 2.24) is 4.90 Å². The van der Waals surface area contributed by atoms with Crippen LogP contribution in [0.3, 0.4) is 0 Å². The van der Waals surface area contributed by atoms with E-state index >= 15 is 0 Å². The molecule has 1 aromatic rings. The van der Waals surface area contributed by atoms with Crippen LogP contribution in [0.1, 0.15) is 5.56 Å². The number of hydrogen-bond acceptors (Lipinski definition) is 1. The largest absolute Gasteiger partial charge is 0.277 e. The Hall–Kier alpha value is -1.41. The van der Waals surface area contributed by atoms with E-state index < -0.39 is 0 Å². The second-order valence-electron chi connectivity index (χ2n) is 3.18. The van der Waals surface area contributed by atoms with Gasteiger partial charge in [0.05, 0.1) is 13.1 Å². The molecule has 0 amide bonds. The maximum absolute atomic E-state index is 5.79. The summed E-state index contributed by atoms with van der Waals surface area (Å²) in [5.41, 5.74) is 1.16. The Labute approximate surface area is 96.0 Å². The molecule has 0 unspecified atom stereocenters. The Morgan fingerprint density at radius 3 is 2.07 bits per heavy atom. The lowest BCUT2D eigenvalue weighted by Crippen LogP contribution is -2.23. The summed E-state index contributed by atoms with van der Waals surface area (Å²) in [6.45, 7) is 1.88. The van der Waals surface area contributed by atoms with Gasteiger partial charge in [0, 0.05) is 11.6 Å². The van der Waals surface area contributed by atoms with Crippen LogP contribution in [0, 0.1) is 24.7 Å². The van der Waals surface area contributed by atoms with Crippen LogP contribution in [0.5, 0.6) is 0 Å². The van der Waals surface area contributed by atoms with Crippen molar-refractivity contribution in [1.29, 1.82) is 0 Å². The normalized spacial score (nSPS) is 9.60. The summed E-state index contributed by atoms with van der Waals surface area (Å²) in [5, 5.41) is 0.735. The standard InChI is InChI=1S/C13H12ClN/c1-3-9-15(10-4-2)11-12-5-7-13(14)8-6-12/h1-2,5-8H,9-11H2. The van der Waals surface area contributed by atoms with Gasteiger partial charge in [-0.1, -0.05) is 35.6 Å². The van der Waals surface area contributed by atoms with Crippen LogP contribution >= 0.6 is 11.6 Å². The molecule has 1 nitrogen and oxygen atoms in total. The van der Waals surface area contributed by atoms with Crippen LogP contribution in [-0.2, 0) is 6.54 Å². The molecule has 0 bridgehead atoms. The highest BCUT2D eigenvalue weighted by Crippen LogP contribution is 2.11. The van der Waals surface area contributed by atoms with Crippen molar-refractivity contribution in [2.24, 2.45) is 0 Å². The zero-order valence-electron chi connectivity index (χ0n) is 8.41. The summed E-state index contributed by atoms with van der Waals surface area (Å²) < 4.78 is 0. The molecular formula is C13H12ClN. The summed E-state index contributed by atoms with van der Waals surface area (Å²) in [7, 11) is 0. The third-order valence-electron chi connectivity index (χ3n) is 1.95. The molecule has 2 heteroatoms. The van der Waals surface area contributed by atoms with Crippen molar-refractivity contribution >= 4 is 11.6 Å². The van der Waals surface area contributed by atoms with Gasteiger partial charge in [0.1, 0.15) is 0 Å². The summed E-state index contributed by atoms with van der Waals surface area (Å²) >= 11 is 5.79. The maximum atomic E-state index is 5.79. The predicted octanol–water partition coefficient (Wildman–Crippen LogP) is 2.41. The van der Waals surface area contributed by atoms with Crippen LogP contribution in [0.4, 0.5) is 0 Å². The lowest BCUT2D eigenvalue weighted by atomic mass is 10.2. The first kappa shape index (κ1) is 11.7. The van der Waals surface area contributed by atoms with Crippen LogP contribution in [0.15, 0.2) is 24.3 Å². The lowest BCUT2D eigenvalue weighted by Gasteiger charge is -2.16. The molecule has 0 aliphatic carbocycles. The molecule has 0 atom stereocenters. The topological polar surface area (TPSA) is 3.24 Å². The summed E-state index contributed by atoms with van der Waals surface area (Å²) in [4.78, 5) is 2.02. The van der Waals surface area contributed by atoms with Crippen molar-refractivity contribution in [3.63, 3.8) is 0 Å². The molecule has 0 heterocycles. The fourth-order valence-electron chi connectivity index (χ4n) is 1.27. The van der Waals surface area contributed by atoms with E-state index in [1.165, 1.54) is 0 Å². The number of hydrogen-bond donors (Lipinski definition) is 0. The maximum Gasteiger partial charge on any atom is 0.0610 e. The molecule has 0 saturated heterocycles. The van der Waals surface area contributed by atoms with Gasteiger partial charge in [-0.15, -0.1) is 12.8 Å². The number of terminal acetylenes is 2. The monoisotopic (exact) mass is 217 g/mol. The van der Waals surface area contributed by atoms with E-state index in [1.807, 2.05) is 29.2 Å². The van der Waals surface area contributed by atoms with Crippen molar-refractivity contribution in [3.05, 3.63) is 34.9 Å². The van der Waals surface area contributed by atoms with E-state index in [4.69, 9.17) is 24.4 Å². The second kappa shape index (κ2) is 6.14. The molecule has 1 aromatic carbocycles. The fourth-order valence-corrected chi connectivity index (χ4v) is 1.40. The highest BCUT2D eigenvalue weighted by atomic mass is 35.5. The van der Waals surface area contributed by atoms with Crippen LogP contribution in [0.25, 0.3) is 0 Å². The zero-order chi connectivity index (χ0) is 11.1. The molecule has 0 saturated carbocycles. The van der Waals surface area contributed by atoms with Gasteiger partial charge >= 0.3 is 0 Å². The molecule has 15 heavy (non-hydrogen) atoms. The molecule has 76 valence electrons. The molecule has 0 radical (unpaired) electrons.